The molecule has 2 nitrogen and oxygen atoms in total. The number of benzene rings is 1. The maximum absolute atomic E-state index is 4.37. The van der Waals surface area contributed by atoms with E-state index in [2.05, 4.69) is 75.5 Å². The van der Waals surface area contributed by atoms with Crippen molar-refractivity contribution in [2.75, 3.05) is 0 Å². The van der Waals surface area contributed by atoms with Gasteiger partial charge in [-0.1, -0.05) is 35.9 Å². The van der Waals surface area contributed by atoms with Crippen LogP contribution in [0.3, 0.4) is 0 Å². The highest BCUT2D eigenvalue weighted by atomic mass is 15.3. The fourth-order valence-electron chi connectivity index (χ4n) is 2.29. The summed E-state index contributed by atoms with van der Waals surface area (Å²) < 4.78 is 0. The molecule has 106 valence electrons. The topological polar surface area (TPSA) is 24.4 Å². The summed E-state index contributed by atoms with van der Waals surface area (Å²) in [7, 11) is 0. The van der Waals surface area contributed by atoms with Crippen LogP contribution in [0.2, 0.25) is 0 Å². The number of nitrogens with zero attached hydrogens (tertiary/aromatic N) is 1. The molecular weight excluding hydrogens is 244 g/mol. The van der Waals surface area contributed by atoms with Gasteiger partial charge in [0.15, 0.2) is 0 Å². The normalized spacial score (nSPS) is 15.9. The molecule has 2 heteroatoms. The summed E-state index contributed by atoms with van der Waals surface area (Å²) >= 11 is 0. The van der Waals surface area contributed by atoms with Gasteiger partial charge in [0.25, 0.3) is 0 Å². The summed E-state index contributed by atoms with van der Waals surface area (Å²) in [5, 5.41) is 4.37. The second-order valence-corrected chi connectivity index (χ2v) is 6.40. The third-order valence-corrected chi connectivity index (χ3v) is 3.55. The van der Waals surface area contributed by atoms with E-state index >= 15 is 0 Å². The lowest BCUT2D eigenvalue weighted by atomic mass is 9.96. The highest BCUT2D eigenvalue weighted by molar-refractivity contribution is 5.90. The molecule has 1 aliphatic carbocycles. The quantitative estimate of drug-likeness (QED) is 0.632. The lowest BCUT2D eigenvalue weighted by Gasteiger charge is -2.17. The molecule has 1 aliphatic rings. The largest absolute Gasteiger partial charge is 0.305 e. The van der Waals surface area contributed by atoms with E-state index in [1.54, 1.807) is 0 Å². The molecule has 0 saturated heterocycles. The van der Waals surface area contributed by atoms with Crippen LogP contribution in [-0.2, 0) is 0 Å². The lowest BCUT2D eigenvalue weighted by molar-refractivity contribution is 0.442. The summed E-state index contributed by atoms with van der Waals surface area (Å²) in [6.45, 7) is 10.7. The van der Waals surface area contributed by atoms with E-state index in [1.165, 1.54) is 27.8 Å². The zero-order chi connectivity index (χ0) is 14.8. The Morgan fingerprint density at radius 2 is 1.85 bits per heavy atom. The first kappa shape index (κ1) is 14.6. The second-order valence-electron chi connectivity index (χ2n) is 6.40. The fourth-order valence-corrected chi connectivity index (χ4v) is 2.29. The number of rotatable bonds is 3. The van der Waals surface area contributed by atoms with E-state index in [0.717, 1.165) is 6.42 Å². The van der Waals surface area contributed by atoms with Gasteiger partial charge in [-0.05, 0) is 57.7 Å². The smallest absolute Gasteiger partial charge is 0.0546 e. The summed E-state index contributed by atoms with van der Waals surface area (Å²) in [6, 6.07) is 8.46. The number of nitrogens with one attached hydrogen (secondary N) is 1. The van der Waals surface area contributed by atoms with Crippen LogP contribution in [0.5, 0.6) is 0 Å². The molecule has 2 rings (SSSR count). The summed E-state index contributed by atoms with van der Waals surface area (Å²) in [5.74, 6) is 0. The molecule has 1 aromatic rings. The van der Waals surface area contributed by atoms with Crippen molar-refractivity contribution >= 4 is 11.8 Å². The zero-order valence-corrected chi connectivity index (χ0v) is 13.1. The Labute approximate surface area is 122 Å². The van der Waals surface area contributed by atoms with Crippen molar-refractivity contribution in [2.45, 2.75) is 46.6 Å². The van der Waals surface area contributed by atoms with E-state index in [1.807, 2.05) is 6.21 Å². The molecule has 0 saturated carbocycles. The molecule has 0 atom stereocenters. The molecular formula is C18H24N2. The molecule has 1 N–H and O–H groups in total. The van der Waals surface area contributed by atoms with E-state index in [4.69, 9.17) is 0 Å². The average Bonchev–Trinajstić information content (AvgIpc) is 2.69. The van der Waals surface area contributed by atoms with Crippen LogP contribution in [0.1, 0.15) is 52.2 Å². The summed E-state index contributed by atoms with van der Waals surface area (Å²) in [5.41, 5.74) is 9.80. The minimum atomic E-state index is -0.00781. The third-order valence-electron chi connectivity index (χ3n) is 3.55. The van der Waals surface area contributed by atoms with Crippen molar-refractivity contribution in [3.63, 3.8) is 0 Å². The predicted octanol–water partition coefficient (Wildman–Crippen LogP) is 4.53. The molecule has 0 fully saturated rings. The molecule has 0 aliphatic heterocycles. The Kier molecular flexibility index (Phi) is 4.12. The van der Waals surface area contributed by atoms with Gasteiger partial charge in [0.2, 0.25) is 0 Å². The Balaban J connectivity index is 2.29. The molecule has 0 spiro atoms. The highest BCUT2D eigenvalue weighted by Gasteiger charge is 2.14. The molecule has 0 bridgehead atoms. The Hall–Kier alpha value is -1.83. The maximum Gasteiger partial charge on any atom is 0.0546 e. The minimum Gasteiger partial charge on any atom is -0.305 e. The fraction of sp³-hybridized carbons (Fsp3) is 0.389. The maximum atomic E-state index is 4.37. The summed E-state index contributed by atoms with van der Waals surface area (Å²) in [6.07, 6.45) is 5.25. The van der Waals surface area contributed by atoms with Gasteiger partial charge in [-0.15, -0.1) is 0 Å². The van der Waals surface area contributed by atoms with Crippen LogP contribution in [0, 0.1) is 0 Å². The zero-order valence-electron chi connectivity index (χ0n) is 13.1. The van der Waals surface area contributed by atoms with Crippen LogP contribution in [-0.4, -0.2) is 11.8 Å². The van der Waals surface area contributed by atoms with E-state index < -0.39 is 0 Å². The van der Waals surface area contributed by atoms with Gasteiger partial charge >= 0.3 is 0 Å². The van der Waals surface area contributed by atoms with Gasteiger partial charge in [0.1, 0.15) is 0 Å². The standard InChI is InChI=1S/C18H24N2/c1-13-10-11-16(14(13)2)17-9-7-6-8-15(17)12-19-20-18(3,4)5/h6-10,12,20H,11H2,1-5H3/b19-12+. The van der Waals surface area contributed by atoms with Crippen molar-refractivity contribution in [1.29, 1.82) is 0 Å². The van der Waals surface area contributed by atoms with E-state index in [0.29, 0.717) is 0 Å². The molecule has 20 heavy (non-hydrogen) atoms. The number of hydrogen-bond donors (Lipinski definition) is 1. The Morgan fingerprint density at radius 1 is 1.15 bits per heavy atom. The van der Waals surface area contributed by atoms with Gasteiger partial charge in [0, 0.05) is 11.1 Å². The Bertz CT molecular complexity index is 584. The highest BCUT2D eigenvalue weighted by Crippen LogP contribution is 2.34. The van der Waals surface area contributed by atoms with Gasteiger partial charge in [-0.3, -0.25) is 0 Å². The van der Waals surface area contributed by atoms with Crippen LogP contribution >= 0.6 is 0 Å². The van der Waals surface area contributed by atoms with Gasteiger partial charge in [-0.2, -0.15) is 5.10 Å². The van der Waals surface area contributed by atoms with Crippen LogP contribution in [0.25, 0.3) is 5.57 Å². The minimum absolute atomic E-state index is 0.00781. The molecule has 0 unspecified atom stereocenters. The molecule has 0 amide bonds. The molecule has 0 aromatic heterocycles. The lowest BCUT2D eigenvalue weighted by Crippen LogP contribution is -2.31. The summed E-state index contributed by atoms with van der Waals surface area (Å²) in [4.78, 5) is 0. The van der Waals surface area contributed by atoms with E-state index in [9.17, 15) is 0 Å². The second kappa shape index (κ2) is 5.66. The van der Waals surface area contributed by atoms with Gasteiger partial charge in [-0.25, -0.2) is 0 Å². The Morgan fingerprint density at radius 3 is 2.45 bits per heavy atom. The van der Waals surface area contributed by atoms with Crippen LogP contribution in [0.15, 0.2) is 46.6 Å². The first-order chi connectivity index (χ1) is 9.38. The first-order valence-corrected chi connectivity index (χ1v) is 7.15. The molecule has 0 heterocycles. The van der Waals surface area contributed by atoms with Crippen molar-refractivity contribution < 1.29 is 0 Å². The van der Waals surface area contributed by atoms with Crippen LogP contribution in [0.4, 0.5) is 0 Å². The van der Waals surface area contributed by atoms with Gasteiger partial charge in [0.05, 0.1) is 6.21 Å². The molecule has 1 aromatic carbocycles. The molecule has 0 radical (unpaired) electrons. The van der Waals surface area contributed by atoms with Crippen molar-refractivity contribution in [1.82, 2.24) is 5.43 Å². The van der Waals surface area contributed by atoms with Crippen molar-refractivity contribution in [2.24, 2.45) is 5.10 Å². The number of allylic oxidation sites excluding steroid dienone is 4. The number of hydrogen-bond acceptors (Lipinski definition) is 2. The van der Waals surface area contributed by atoms with Gasteiger partial charge < -0.3 is 5.43 Å². The SMILES string of the molecule is CC1=CCC(c2ccccc2/C=N/NC(C)(C)C)=C1C. The van der Waals surface area contributed by atoms with Crippen LogP contribution < -0.4 is 5.43 Å². The number of hydrazone groups is 1. The third kappa shape index (κ3) is 3.38. The van der Waals surface area contributed by atoms with Crippen molar-refractivity contribution in [3.8, 4) is 0 Å². The first-order valence-electron chi connectivity index (χ1n) is 7.15. The monoisotopic (exact) mass is 268 g/mol. The predicted molar refractivity (Wildman–Crippen MR) is 87.9 cm³/mol. The van der Waals surface area contributed by atoms with E-state index in [-0.39, 0.29) is 5.54 Å². The van der Waals surface area contributed by atoms with Crippen molar-refractivity contribution in [3.05, 3.63) is 52.6 Å². The average molecular weight is 268 g/mol.